The lowest BCUT2D eigenvalue weighted by atomic mass is 9.80. The first kappa shape index (κ1) is 56.7. The number of nitrogens with zero attached hydrogens (tertiary/aromatic N) is 8. The Bertz CT molecular complexity index is 3800. The third-order valence-corrected chi connectivity index (χ3v) is 21.4. The number of benzene rings is 4. The van der Waals surface area contributed by atoms with E-state index in [1.54, 1.807) is 68.8 Å². The van der Waals surface area contributed by atoms with Gasteiger partial charge in [0, 0.05) is 18.0 Å². The van der Waals surface area contributed by atoms with Crippen molar-refractivity contribution in [1.29, 1.82) is 0 Å². The number of halogens is 1. The van der Waals surface area contributed by atoms with Crippen LogP contribution in [0.5, 0.6) is 11.5 Å². The Morgan fingerprint density at radius 1 is 0.793 bits per heavy atom. The minimum absolute atomic E-state index is 0.0193. The molecule has 2 saturated heterocycles. The highest BCUT2D eigenvalue weighted by Gasteiger charge is 2.54. The Balaban J connectivity index is 0.922. The molecule has 5 aromatic heterocycles. The lowest BCUT2D eigenvalue weighted by Gasteiger charge is -2.40. The molecule has 0 bridgehead atoms. The number of fused-ring (bicyclic) bond motifs is 3. The van der Waals surface area contributed by atoms with Crippen LogP contribution in [0.4, 0.5) is 10.2 Å². The molecule has 0 saturated carbocycles. The summed E-state index contributed by atoms with van der Waals surface area (Å²) in [5.74, 6) is 1.08. The van der Waals surface area contributed by atoms with Crippen LogP contribution < -0.4 is 20.3 Å². The number of alkyl halides is 1. The second-order valence-electron chi connectivity index (χ2n) is 21.3. The Morgan fingerprint density at radius 2 is 1.39 bits per heavy atom. The van der Waals surface area contributed by atoms with Crippen molar-refractivity contribution in [2.75, 3.05) is 32.8 Å². The molecule has 9 aromatic rings. The molecule has 82 heavy (non-hydrogen) atoms. The smallest absolute Gasteiger partial charge is 0.325 e. The number of aliphatic hydroxyl groups is 1. The Hall–Kier alpha value is -7.13. The lowest BCUT2D eigenvalue weighted by Crippen LogP contribution is -2.49. The Labute approximate surface area is 475 Å². The molecule has 26 heteroatoms. The number of anilines is 1. The molecule has 2 fully saturated rings. The van der Waals surface area contributed by atoms with Gasteiger partial charge in [0.05, 0.1) is 40.1 Å². The molecule has 9 atom stereocenters. The number of carbonyl (C=O) groups is 1. The maximum absolute atomic E-state index is 17.9. The first-order chi connectivity index (χ1) is 39.3. The SMILES string of the molecule is COc1ccc(C(OC[C@H]2O[C@@H](n3cnc4c(=O)n5ccnc5[nH]c43)[C@@H](F)[C@@H]2OP(O)(=S)OC[C@H]2O[C@@H](n3cnc4c(NC(=O)c5ccccc5)ncnc43)[C@H](O)[C@@H]2O[Si](C)(C)C(C)(C)C)(c2ccccc2)c2ccc(OC)cc2)cc1. The van der Waals surface area contributed by atoms with Gasteiger partial charge in [-0.1, -0.05) is 93.6 Å². The second kappa shape index (κ2) is 22.6. The maximum Gasteiger partial charge on any atom is 0.325 e. The van der Waals surface area contributed by atoms with Gasteiger partial charge in [0.1, 0.15) is 59.6 Å². The standard InChI is InChI=1S/C56H60FN10O12PSSi/c1-55(2,3)82(6,7)79-46-40(77-53(44(46)68)66-31-61-42-47(59-30-60-48(42)66)63-50(69)33-14-10-8-11-15-33)29-75-80(71,81)78-45-39(76-52(41(45)57)67-32-62-43-49(67)64-54-58-26-27-65(54)51(43)70)28-74-56(34-16-12-9-13-17-34,35-18-22-37(72-4)23-19-35)36-20-24-38(73-5)25-21-36/h8-27,30-32,39-41,44-46,52-53,68H,28-29H2,1-7H3,(H,58,64)(H,71,81)(H,59,60,63,69)/t39-,40-,41+,44-,45-,46-,52-,53-,80?/m1/s1. The van der Waals surface area contributed by atoms with E-state index in [4.69, 9.17) is 49.0 Å². The largest absolute Gasteiger partial charge is 0.497 e. The Kier molecular flexibility index (Phi) is 15.6. The number of hydrogen-bond donors (Lipinski definition) is 4. The summed E-state index contributed by atoms with van der Waals surface area (Å²) in [5, 5.41) is 14.7. The van der Waals surface area contributed by atoms with Crippen molar-refractivity contribution in [3.05, 3.63) is 173 Å². The van der Waals surface area contributed by atoms with E-state index in [2.05, 4.69) is 35.2 Å². The van der Waals surface area contributed by atoms with Gasteiger partial charge in [-0.15, -0.1) is 0 Å². The van der Waals surface area contributed by atoms with E-state index in [1.807, 2.05) is 88.5 Å². The molecule has 0 aliphatic carbocycles. The van der Waals surface area contributed by atoms with Crippen molar-refractivity contribution in [1.82, 2.24) is 43.4 Å². The summed E-state index contributed by atoms with van der Waals surface area (Å²) in [5.41, 5.74) is 1.06. The lowest BCUT2D eigenvalue weighted by molar-refractivity contribution is -0.0928. The zero-order valence-corrected chi connectivity index (χ0v) is 48.3. The number of aromatic amines is 1. The fourth-order valence-corrected chi connectivity index (χ4v) is 12.8. The van der Waals surface area contributed by atoms with Gasteiger partial charge in [-0.05, 0) is 83.0 Å². The highest BCUT2D eigenvalue weighted by molar-refractivity contribution is 8.07. The maximum atomic E-state index is 17.9. The van der Waals surface area contributed by atoms with Gasteiger partial charge in [0.25, 0.3) is 11.5 Å². The predicted molar refractivity (Wildman–Crippen MR) is 305 cm³/mol. The quantitative estimate of drug-likeness (QED) is 0.0340. The van der Waals surface area contributed by atoms with Crippen LogP contribution in [-0.2, 0) is 45.1 Å². The molecule has 1 amide bonds. The second-order valence-corrected chi connectivity index (χ2v) is 28.9. The molecule has 11 rings (SSSR count). The number of H-pyrrole nitrogens is 1. The topological polar surface area (TPSA) is 255 Å². The van der Waals surface area contributed by atoms with Crippen LogP contribution in [0.1, 0.15) is 60.3 Å². The van der Waals surface area contributed by atoms with Crippen molar-refractivity contribution < 1.29 is 56.3 Å². The average molecular weight is 1180 g/mol. The van der Waals surface area contributed by atoms with Gasteiger partial charge >= 0.3 is 6.72 Å². The molecule has 1 unspecified atom stereocenters. The van der Waals surface area contributed by atoms with Crippen molar-refractivity contribution in [2.24, 2.45) is 0 Å². The molecule has 4 aromatic carbocycles. The fourth-order valence-electron chi connectivity index (χ4n) is 10.1. The zero-order valence-electron chi connectivity index (χ0n) is 45.6. The van der Waals surface area contributed by atoms with E-state index < -0.39 is 87.9 Å². The van der Waals surface area contributed by atoms with E-state index in [9.17, 15) is 19.6 Å². The van der Waals surface area contributed by atoms with Gasteiger partial charge < -0.3 is 52.9 Å². The van der Waals surface area contributed by atoms with Crippen LogP contribution >= 0.6 is 6.72 Å². The summed E-state index contributed by atoms with van der Waals surface area (Å²) in [6.07, 6.45) is -4.63. The van der Waals surface area contributed by atoms with Crippen LogP contribution in [0.25, 0.3) is 28.1 Å². The van der Waals surface area contributed by atoms with E-state index in [0.29, 0.717) is 33.8 Å². The first-order valence-electron chi connectivity index (χ1n) is 26.2. The number of imidazole rings is 3. The van der Waals surface area contributed by atoms with Crippen LogP contribution in [0.2, 0.25) is 18.1 Å². The average Bonchev–Trinajstić information content (AvgIpc) is 4.04. The summed E-state index contributed by atoms with van der Waals surface area (Å²) in [4.78, 5) is 63.9. The minimum atomic E-state index is -4.56. The highest BCUT2D eigenvalue weighted by atomic mass is 32.5. The number of nitrogens with one attached hydrogen (secondary N) is 2. The van der Waals surface area contributed by atoms with Crippen LogP contribution in [-0.4, -0.2) is 132 Å². The normalized spacial score (nSPS) is 22.2. The van der Waals surface area contributed by atoms with Crippen LogP contribution in [0.3, 0.4) is 0 Å². The van der Waals surface area contributed by atoms with Crippen LogP contribution in [0.15, 0.2) is 145 Å². The monoisotopic (exact) mass is 1170 g/mol. The van der Waals surface area contributed by atoms with Crippen molar-refractivity contribution in [2.45, 2.75) is 93.7 Å². The summed E-state index contributed by atoms with van der Waals surface area (Å²) >= 11 is 5.77. The fraction of sp³-hybridized carbons (Fsp3) is 0.339. The molecular weight excluding hydrogens is 1110 g/mol. The van der Waals surface area contributed by atoms with Gasteiger partial charge in [-0.25, -0.2) is 33.7 Å². The number of ether oxygens (including phenoxy) is 5. The van der Waals surface area contributed by atoms with E-state index in [0.717, 1.165) is 0 Å². The molecule has 428 valence electrons. The van der Waals surface area contributed by atoms with Crippen molar-refractivity contribution >= 4 is 66.7 Å². The summed E-state index contributed by atoms with van der Waals surface area (Å²) in [7, 11) is 0.423. The molecular formula is C56H60FN10O12PSSi. The highest BCUT2D eigenvalue weighted by Crippen LogP contribution is 2.52. The number of carbonyl (C=O) groups excluding carboxylic acids is 1. The number of rotatable bonds is 19. The number of hydrogen-bond acceptors (Lipinski definition) is 17. The molecule has 22 nitrogen and oxygen atoms in total. The first-order valence-corrected chi connectivity index (χ1v) is 31.7. The number of aliphatic hydroxyl groups excluding tert-OH is 1. The Morgan fingerprint density at radius 3 is 2.04 bits per heavy atom. The number of aromatic nitrogens is 9. The molecule has 4 N–H and O–H groups in total. The summed E-state index contributed by atoms with van der Waals surface area (Å²) < 4.78 is 72.9. The van der Waals surface area contributed by atoms with Crippen LogP contribution in [0, 0.1) is 0 Å². The molecule has 0 radical (unpaired) electrons. The third kappa shape index (κ3) is 10.7. The predicted octanol–water partition coefficient (Wildman–Crippen LogP) is 7.99. The molecule has 7 heterocycles. The summed E-state index contributed by atoms with van der Waals surface area (Å²) in [6, 6.07) is 32.7. The van der Waals surface area contributed by atoms with Gasteiger partial charge in [0.15, 0.2) is 49.4 Å². The number of amides is 1. The minimum Gasteiger partial charge on any atom is -0.497 e. The number of methoxy groups -OCH3 is 2. The van der Waals surface area contributed by atoms with Gasteiger partial charge in [-0.2, -0.15) is 0 Å². The van der Waals surface area contributed by atoms with E-state index >= 15 is 4.39 Å². The van der Waals surface area contributed by atoms with Crippen molar-refractivity contribution in [3.8, 4) is 11.5 Å². The molecule has 0 spiro atoms. The van der Waals surface area contributed by atoms with Gasteiger partial charge in [0.2, 0.25) is 5.78 Å². The molecule has 2 aliphatic rings. The third-order valence-electron chi connectivity index (χ3n) is 15.4. The van der Waals surface area contributed by atoms with E-state index in [1.165, 1.54) is 44.9 Å². The van der Waals surface area contributed by atoms with E-state index in [-0.39, 0.29) is 45.6 Å². The summed E-state index contributed by atoms with van der Waals surface area (Å²) in [6.45, 7) is 4.71. The zero-order chi connectivity index (χ0) is 57.7. The van der Waals surface area contributed by atoms with Crippen molar-refractivity contribution in [3.63, 3.8) is 0 Å². The van der Waals surface area contributed by atoms with Gasteiger partial charge in [-0.3, -0.25) is 23.2 Å². The molecule has 2 aliphatic heterocycles.